The average Bonchev–Trinajstić information content (AvgIpc) is 3.48. The Balaban J connectivity index is 0.972. The predicted octanol–water partition coefficient (Wildman–Crippen LogP) is 19.1. The van der Waals surface area contributed by atoms with Crippen LogP contribution in [0.15, 0.2) is 267 Å². The largest absolute Gasteiger partial charge is 0.256 e. The van der Waals surface area contributed by atoms with Crippen LogP contribution >= 0.6 is 0 Å². The van der Waals surface area contributed by atoms with E-state index in [2.05, 4.69) is 264 Å². The van der Waals surface area contributed by atoms with E-state index >= 15 is 0 Å². The summed E-state index contributed by atoms with van der Waals surface area (Å²) in [4.78, 5) is 15.3. The van der Waals surface area contributed by atoms with Gasteiger partial charge in [0.2, 0.25) is 0 Å². The Kier molecular flexibility index (Phi) is 12.7. The molecule has 0 saturated carbocycles. The molecule has 0 radical (unpaired) electrons. The zero-order valence-electron chi connectivity index (χ0n) is 42.2. The molecule has 0 N–H and O–H groups in total. The summed E-state index contributed by atoms with van der Waals surface area (Å²) in [5, 5.41) is 0. The molecule has 3 aromatic heterocycles. The number of hydrogen-bond acceptors (Lipinski definition) is 3. The normalized spacial score (nSPS) is 11.1. The fourth-order valence-corrected chi connectivity index (χ4v) is 10.6. The molecular weight excluding hydrogens is 907 g/mol. The van der Waals surface area contributed by atoms with Crippen molar-refractivity contribution in [2.45, 2.75) is 20.8 Å². The van der Waals surface area contributed by atoms with Crippen molar-refractivity contribution in [1.82, 2.24) is 15.0 Å². The molecule has 12 rings (SSSR count). The molecule has 0 aliphatic rings. The summed E-state index contributed by atoms with van der Waals surface area (Å²) >= 11 is 0. The molecule has 0 spiro atoms. The molecule has 75 heavy (non-hydrogen) atoms. The first-order chi connectivity index (χ1) is 36.9. The maximum atomic E-state index is 5.20. The van der Waals surface area contributed by atoms with Gasteiger partial charge in [-0.25, -0.2) is 0 Å². The topological polar surface area (TPSA) is 38.7 Å². The number of hydrogen-bond donors (Lipinski definition) is 0. The SMILES string of the molecule is Cc1cc(-c2ccccc2)ncc1-c1ccccc1-c1cc(-c2ccccc2-c2cnc(-c3ccccc3)cc2C)cc(-c2ccccc2-c2cnc(-c3cccc(-c4cccc(-c5ccccc5)c4)c3)cc2C)c1. The van der Waals surface area contributed by atoms with Gasteiger partial charge in [0.1, 0.15) is 0 Å². The van der Waals surface area contributed by atoms with Crippen molar-refractivity contribution in [1.29, 1.82) is 0 Å². The van der Waals surface area contributed by atoms with Gasteiger partial charge in [-0.1, -0.05) is 200 Å². The van der Waals surface area contributed by atoms with Crippen LogP contribution in [-0.2, 0) is 0 Å². The van der Waals surface area contributed by atoms with Gasteiger partial charge in [-0.15, -0.1) is 0 Å². The van der Waals surface area contributed by atoms with E-state index in [9.17, 15) is 0 Å². The zero-order chi connectivity index (χ0) is 50.7. The van der Waals surface area contributed by atoms with E-state index in [0.717, 1.165) is 112 Å². The molecule has 356 valence electrons. The smallest absolute Gasteiger partial charge is 0.0705 e. The Morgan fingerprint density at radius 3 is 0.800 bits per heavy atom. The number of aromatic nitrogens is 3. The Morgan fingerprint density at radius 1 is 0.187 bits per heavy atom. The molecular formula is C72H53N3. The van der Waals surface area contributed by atoms with Crippen molar-refractivity contribution in [3.8, 4) is 123 Å². The molecule has 3 heteroatoms. The first kappa shape index (κ1) is 46.5. The third-order valence-corrected chi connectivity index (χ3v) is 14.5. The highest BCUT2D eigenvalue weighted by molar-refractivity contribution is 5.95. The Bertz CT molecular complexity index is 3880. The van der Waals surface area contributed by atoms with Gasteiger partial charge < -0.3 is 0 Å². The molecule has 3 nitrogen and oxygen atoms in total. The highest BCUT2D eigenvalue weighted by Gasteiger charge is 2.19. The van der Waals surface area contributed by atoms with E-state index in [1.54, 1.807) is 0 Å². The van der Waals surface area contributed by atoms with Gasteiger partial charge in [0.05, 0.1) is 17.1 Å². The van der Waals surface area contributed by atoms with Crippen LogP contribution < -0.4 is 0 Å². The lowest BCUT2D eigenvalue weighted by molar-refractivity contribution is 1.28. The highest BCUT2D eigenvalue weighted by atomic mass is 14.7. The Labute approximate surface area is 440 Å². The maximum absolute atomic E-state index is 5.20. The van der Waals surface area contributed by atoms with Crippen molar-refractivity contribution in [3.05, 3.63) is 284 Å². The van der Waals surface area contributed by atoms with Crippen LogP contribution in [0.1, 0.15) is 16.7 Å². The lowest BCUT2D eigenvalue weighted by Gasteiger charge is -2.19. The second kappa shape index (κ2) is 20.5. The lowest BCUT2D eigenvalue weighted by Crippen LogP contribution is -1.95. The zero-order valence-corrected chi connectivity index (χ0v) is 42.2. The second-order valence-electron chi connectivity index (χ2n) is 19.3. The molecule has 0 atom stereocenters. The van der Waals surface area contributed by atoms with E-state index in [-0.39, 0.29) is 0 Å². The highest BCUT2D eigenvalue weighted by Crippen LogP contribution is 2.44. The first-order valence-corrected chi connectivity index (χ1v) is 25.6. The monoisotopic (exact) mass is 959 g/mol. The third kappa shape index (κ3) is 9.52. The van der Waals surface area contributed by atoms with Crippen molar-refractivity contribution in [3.63, 3.8) is 0 Å². The molecule has 0 bridgehead atoms. The standard InChI is InChI=1S/C72H53N3/c1-48-37-70(52-23-9-5-10-24-52)73-45-67(48)64-34-16-13-31-61(64)58-42-59(62-32-14-17-35-65(62)68-46-74-71(38-49(68)2)53-25-11-6-12-26-53)44-60(43-58)63-33-15-18-36-66(63)69-47-75-72(39-50(69)3)57-30-20-29-56(41-57)55-28-19-27-54(40-55)51-21-7-4-8-22-51/h4-47H,1-3H3. The number of pyridine rings is 3. The van der Waals surface area contributed by atoms with Crippen molar-refractivity contribution >= 4 is 0 Å². The van der Waals surface area contributed by atoms with E-state index < -0.39 is 0 Å². The summed E-state index contributed by atoms with van der Waals surface area (Å²) in [5.41, 5.74) is 27.8. The summed E-state index contributed by atoms with van der Waals surface area (Å²) in [5.74, 6) is 0. The molecule has 0 fully saturated rings. The van der Waals surface area contributed by atoms with Crippen molar-refractivity contribution in [2.24, 2.45) is 0 Å². The average molecular weight is 960 g/mol. The Hall–Kier alpha value is -9.57. The van der Waals surface area contributed by atoms with Crippen LogP contribution in [0.5, 0.6) is 0 Å². The van der Waals surface area contributed by atoms with Gasteiger partial charge in [0, 0.05) is 52.0 Å². The quantitative estimate of drug-likeness (QED) is 0.130. The molecule has 0 aliphatic heterocycles. The summed E-state index contributed by atoms with van der Waals surface area (Å²) in [6.07, 6.45) is 6.14. The number of aryl methyl sites for hydroxylation is 3. The fraction of sp³-hybridized carbons (Fsp3) is 0.0417. The van der Waals surface area contributed by atoms with Gasteiger partial charge in [0.15, 0.2) is 0 Å². The van der Waals surface area contributed by atoms with Crippen LogP contribution in [0.4, 0.5) is 0 Å². The van der Waals surface area contributed by atoms with Crippen molar-refractivity contribution < 1.29 is 0 Å². The summed E-state index contributed by atoms with van der Waals surface area (Å²) in [7, 11) is 0. The summed E-state index contributed by atoms with van der Waals surface area (Å²) in [6, 6.07) is 88.9. The van der Waals surface area contributed by atoms with Crippen LogP contribution in [0.25, 0.3) is 123 Å². The summed E-state index contributed by atoms with van der Waals surface area (Å²) in [6.45, 7) is 6.59. The molecule has 3 heterocycles. The van der Waals surface area contributed by atoms with Crippen LogP contribution in [0, 0.1) is 20.8 Å². The molecule has 0 aliphatic carbocycles. The first-order valence-electron chi connectivity index (χ1n) is 25.6. The molecule has 12 aromatic rings. The molecule has 0 saturated heterocycles. The lowest BCUT2D eigenvalue weighted by atomic mass is 9.85. The van der Waals surface area contributed by atoms with Crippen molar-refractivity contribution in [2.75, 3.05) is 0 Å². The molecule has 0 amide bonds. The van der Waals surface area contributed by atoms with Crippen LogP contribution in [0.3, 0.4) is 0 Å². The molecule has 0 unspecified atom stereocenters. The number of nitrogens with zero attached hydrogens (tertiary/aromatic N) is 3. The third-order valence-electron chi connectivity index (χ3n) is 14.5. The minimum absolute atomic E-state index is 0.940. The van der Waals surface area contributed by atoms with Gasteiger partial charge in [-0.2, -0.15) is 0 Å². The molecule has 9 aromatic carbocycles. The van der Waals surface area contributed by atoms with Gasteiger partial charge in [0.25, 0.3) is 0 Å². The van der Waals surface area contributed by atoms with Crippen LogP contribution in [-0.4, -0.2) is 15.0 Å². The number of rotatable bonds is 11. The van der Waals surface area contributed by atoms with Gasteiger partial charge in [-0.05, 0) is 158 Å². The van der Waals surface area contributed by atoms with E-state index in [1.165, 1.54) is 27.8 Å². The van der Waals surface area contributed by atoms with Gasteiger partial charge in [-0.3, -0.25) is 15.0 Å². The number of benzene rings is 9. The minimum Gasteiger partial charge on any atom is -0.256 e. The van der Waals surface area contributed by atoms with E-state index in [4.69, 9.17) is 15.0 Å². The second-order valence-corrected chi connectivity index (χ2v) is 19.3. The predicted molar refractivity (Wildman–Crippen MR) is 314 cm³/mol. The van der Waals surface area contributed by atoms with E-state index in [0.29, 0.717) is 0 Å². The summed E-state index contributed by atoms with van der Waals surface area (Å²) < 4.78 is 0. The maximum Gasteiger partial charge on any atom is 0.0705 e. The fourth-order valence-electron chi connectivity index (χ4n) is 10.6. The van der Waals surface area contributed by atoms with Crippen LogP contribution in [0.2, 0.25) is 0 Å². The Morgan fingerprint density at radius 2 is 0.440 bits per heavy atom. The van der Waals surface area contributed by atoms with Gasteiger partial charge >= 0.3 is 0 Å². The van der Waals surface area contributed by atoms with E-state index in [1.807, 2.05) is 24.5 Å². The minimum atomic E-state index is 0.940.